The van der Waals surface area contributed by atoms with Crippen LogP contribution in [0.5, 0.6) is 5.75 Å². The lowest BCUT2D eigenvalue weighted by Gasteiger charge is -2.23. The average Bonchev–Trinajstić information content (AvgIpc) is 2.64. The van der Waals surface area contributed by atoms with Crippen LogP contribution in [0.4, 0.5) is 5.69 Å². The van der Waals surface area contributed by atoms with Gasteiger partial charge in [-0.2, -0.15) is 0 Å². The molecule has 0 spiro atoms. The van der Waals surface area contributed by atoms with E-state index in [0.717, 1.165) is 43.1 Å². The van der Waals surface area contributed by atoms with Crippen molar-refractivity contribution in [2.24, 2.45) is 0 Å². The predicted octanol–water partition coefficient (Wildman–Crippen LogP) is 3.34. The van der Waals surface area contributed by atoms with E-state index in [1.54, 1.807) is 0 Å². The van der Waals surface area contributed by atoms with Crippen LogP contribution in [0, 0.1) is 0 Å². The van der Waals surface area contributed by atoms with Crippen LogP contribution in [0.2, 0.25) is 0 Å². The summed E-state index contributed by atoms with van der Waals surface area (Å²) in [5.74, 6) is 0.866. The normalized spacial score (nSPS) is 15.2. The third-order valence-corrected chi connectivity index (χ3v) is 3.72. The van der Waals surface area contributed by atoms with Crippen molar-refractivity contribution in [3.8, 4) is 5.75 Å². The smallest absolute Gasteiger partial charge is 0.160 e. The van der Waals surface area contributed by atoms with Gasteiger partial charge in [0.25, 0.3) is 0 Å². The van der Waals surface area contributed by atoms with Gasteiger partial charge in [0, 0.05) is 18.7 Å². The molecule has 1 fully saturated rings. The van der Waals surface area contributed by atoms with Gasteiger partial charge in [0.2, 0.25) is 0 Å². The first kappa shape index (κ1) is 16.8. The third-order valence-electron chi connectivity index (χ3n) is 3.72. The van der Waals surface area contributed by atoms with E-state index < -0.39 is 0 Å². The zero-order valence-corrected chi connectivity index (χ0v) is 13.7. The molecule has 0 aliphatic carbocycles. The van der Waals surface area contributed by atoms with Crippen molar-refractivity contribution in [3.63, 3.8) is 0 Å². The predicted molar refractivity (Wildman–Crippen MR) is 93.8 cm³/mol. The van der Waals surface area contributed by atoms with Crippen LogP contribution in [-0.4, -0.2) is 26.1 Å². The van der Waals surface area contributed by atoms with Gasteiger partial charge >= 0.3 is 0 Å². The summed E-state index contributed by atoms with van der Waals surface area (Å²) in [6, 6.07) is 18.1. The molecule has 0 aromatic heterocycles. The Labute approximate surface area is 142 Å². The Hall–Kier alpha value is -2.08. The summed E-state index contributed by atoms with van der Waals surface area (Å²) in [5.41, 5.74) is 8.58. The van der Waals surface area contributed by atoms with Crippen LogP contribution in [0.1, 0.15) is 18.4 Å². The summed E-state index contributed by atoms with van der Waals surface area (Å²) in [4.78, 5) is 0. The summed E-state index contributed by atoms with van der Waals surface area (Å²) in [5, 5.41) is 0. The molecule has 0 atom stereocenters. The van der Waals surface area contributed by atoms with Crippen molar-refractivity contribution < 1.29 is 14.2 Å². The molecule has 0 radical (unpaired) electrons. The molecule has 1 heterocycles. The second kappa shape index (κ2) is 9.27. The summed E-state index contributed by atoms with van der Waals surface area (Å²) >= 11 is 0. The van der Waals surface area contributed by atoms with Crippen LogP contribution in [0.15, 0.2) is 54.6 Å². The number of hydrogen-bond acceptors (Lipinski definition) is 5. The molecular formula is C19H24N2O3. The maximum atomic E-state index is 5.81. The second-order valence-corrected chi connectivity index (χ2v) is 5.65. The van der Waals surface area contributed by atoms with Crippen molar-refractivity contribution in [1.29, 1.82) is 0 Å². The van der Waals surface area contributed by atoms with Crippen LogP contribution >= 0.6 is 0 Å². The number of benzene rings is 2. The van der Waals surface area contributed by atoms with Gasteiger partial charge in [-0.3, -0.25) is 0 Å². The van der Waals surface area contributed by atoms with E-state index in [-0.39, 0.29) is 6.29 Å². The van der Waals surface area contributed by atoms with Gasteiger partial charge in [-0.25, -0.2) is 5.43 Å². The van der Waals surface area contributed by atoms with Gasteiger partial charge in [0.1, 0.15) is 5.75 Å². The van der Waals surface area contributed by atoms with Gasteiger partial charge in [0.15, 0.2) is 6.29 Å². The molecule has 128 valence electrons. The number of hydrogen-bond donors (Lipinski definition) is 2. The molecule has 0 unspecified atom stereocenters. The van der Waals surface area contributed by atoms with Crippen molar-refractivity contribution in [2.75, 3.05) is 25.2 Å². The van der Waals surface area contributed by atoms with Gasteiger partial charge in [0.05, 0.1) is 19.8 Å². The molecule has 0 saturated carbocycles. The van der Waals surface area contributed by atoms with Gasteiger partial charge in [-0.1, -0.05) is 30.3 Å². The van der Waals surface area contributed by atoms with E-state index in [2.05, 4.69) is 16.9 Å². The molecule has 0 bridgehead atoms. The maximum absolute atomic E-state index is 5.81. The Bertz CT molecular complexity index is 601. The molecule has 1 aliphatic rings. The quantitative estimate of drug-likeness (QED) is 0.728. The summed E-state index contributed by atoms with van der Waals surface area (Å²) in [6.45, 7) is 2.85. The number of ether oxygens (including phenoxy) is 3. The SMILES string of the molecule is c1ccc(NNCc2cccc(OCCC3OCCCO3)c2)cc1. The van der Waals surface area contributed by atoms with Crippen LogP contribution in [0.25, 0.3) is 0 Å². The Balaban J connectivity index is 1.40. The molecule has 2 aromatic carbocycles. The van der Waals surface area contributed by atoms with Gasteiger partial charge in [-0.15, -0.1) is 0 Å². The zero-order valence-electron chi connectivity index (χ0n) is 13.7. The summed E-state index contributed by atoms with van der Waals surface area (Å²) < 4.78 is 16.8. The minimum atomic E-state index is -0.126. The fourth-order valence-electron chi connectivity index (χ4n) is 2.49. The number of nitrogens with one attached hydrogen (secondary N) is 2. The molecule has 2 aromatic rings. The Morgan fingerprint density at radius 2 is 1.83 bits per heavy atom. The van der Waals surface area contributed by atoms with Crippen LogP contribution in [0.3, 0.4) is 0 Å². The van der Waals surface area contributed by atoms with E-state index in [9.17, 15) is 0 Å². The molecule has 3 rings (SSSR count). The summed E-state index contributed by atoms with van der Waals surface area (Å²) in [6.07, 6.45) is 1.60. The first-order chi connectivity index (χ1) is 11.9. The first-order valence-electron chi connectivity index (χ1n) is 8.39. The summed E-state index contributed by atoms with van der Waals surface area (Å²) in [7, 11) is 0. The highest BCUT2D eigenvalue weighted by atomic mass is 16.7. The lowest BCUT2D eigenvalue weighted by molar-refractivity contribution is -0.183. The van der Waals surface area contributed by atoms with Crippen LogP contribution < -0.4 is 15.6 Å². The van der Waals surface area contributed by atoms with Crippen molar-refractivity contribution >= 4 is 5.69 Å². The standard InChI is InChI=1S/C19H24N2O3/c1-2-7-17(8-3-1)21-20-15-16-6-4-9-18(14-16)22-13-10-19-23-11-5-12-24-19/h1-4,6-9,14,19-21H,5,10-13,15H2. The minimum Gasteiger partial charge on any atom is -0.493 e. The highest BCUT2D eigenvalue weighted by Crippen LogP contribution is 2.15. The number of para-hydroxylation sites is 1. The van der Waals surface area contributed by atoms with E-state index in [0.29, 0.717) is 13.2 Å². The molecule has 5 nitrogen and oxygen atoms in total. The van der Waals surface area contributed by atoms with E-state index >= 15 is 0 Å². The fraction of sp³-hybridized carbons (Fsp3) is 0.368. The van der Waals surface area contributed by atoms with E-state index in [1.165, 1.54) is 0 Å². The molecule has 1 aliphatic heterocycles. The Morgan fingerprint density at radius 1 is 1.00 bits per heavy atom. The average molecular weight is 328 g/mol. The number of hydrazine groups is 1. The second-order valence-electron chi connectivity index (χ2n) is 5.65. The molecule has 0 amide bonds. The van der Waals surface area contributed by atoms with E-state index in [1.807, 2.05) is 48.5 Å². The van der Waals surface area contributed by atoms with Crippen molar-refractivity contribution in [2.45, 2.75) is 25.7 Å². The molecule has 1 saturated heterocycles. The first-order valence-corrected chi connectivity index (χ1v) is 8.39. The van der Waals surface area contributed by atoms with Gasteiger partial charge < -0.3 is 19.6 Å². The van der Waals surface area contributed by atoms with Crippen molar-refractivity contribution in [3.05, 3.63) is 60.2 Å². The highest BCUT2D eigenvalue weighted by molar-refractivity contribution is 5.41. The molecule has 24 heavy (non-hydrogen) atoms. The fourth-order valence-corrected chi connectivity index (χ4v) is 2.49. The molecular weight excluding hydrogens is 304 g/mol. The number of anilines is 1. The largest absolute Gasteiger partial charge is 0.493 e. The third kappa shape index (κ3) is 5.53. The Morgan fingerprint density at radius 3 is 2.67 bits per heavy atom. The lowest BCUT2D eigenvalue weighted by atomic mass is 10.2. The molecule has 5 heteroatoms. The lowest BCUT2D eigenvalue weighted by Crippen LogP contribution is -2.26. The molecule has 2 N–H and O–H groups in total. The minimum absolute atomic E-state index is 0.126. The highest BCUT2D eigenvalue weighted by Gasteiger charge is 2.13. The van der Waals surface area contributed by atoms with E-state index in [4.69, 9.17) is 14.2 Å². The van der Waals surface area contributed by atoms with Gasteiger partial charge in [-0.05, 0) is 36.2 Å². The number of rotatable bonds is 8. The zero-order chi connectivity index (χ0) is 16.5. The monoisotopic (exact) mass is 328 g/mol. The topological polar surface area (TPSA) is 51.8 Å². The Kier molecular flexibility index (Phi) is 6.48. The van der Waals surface area contributed by atoms with Crippen LogP contribution in [-0.2, 0) is 16.0 Å². The van der Waals surface area contributed by atoms with Crippen molar-refractivity contribution in [1.82, 2.24) is 5.43 Å². The maximum Gasteiger partial charge on any atom is 0.160 e.